The molecule has 0 aromatic heterocycles. The Labute approximate surface area is 130 Å². The third kappa shape index (κ3) is 2.43. The number of hydrogen-bond donors (Lipinski definition) is 0. The maximum absolute atomic E-state index is 12.3. The van der Waals surface area contributed by atoms with Crippen molar-refractivity contribution in [3.63, 3.8) is 0 Å². The molecule has 22 heavy (non-hydrogen) atoms. The molecule has 0 radical (unpaired) electrons. The zero-order valence-electron chi connectivity index (χ0n) is 12.9. The predicted octanol–water partition coefficient (Wildman–Crippen LogP) is 3.53. The molecule has 0 unspecified atom stereocenters. The van der Waals surface area contributed by atoms with Gasteiger partial charge >= 0.3 is 0 Å². The summed E-state index contributed by atoms with van der Waals surface area (Å²) >= 11 is 0. The quantitative estimate of drug-likeness (QED) is 0.809. The van der Waals surface area contributed by atoms with E-state index in [9.17, 15) is 9.59 Å². The van der Waals surface area contributed by atoms with Crippen LogP contribution < -0.4 is 0 Å². The van der Waals surface area contributed by atoms with Gasteiger partial charge in [-0.05, 0) is 55.5 Å². The van der Waals surface area contributed by atoms with Gasteiger partial charge in [0.25, 0.3) is 11.8 Å². The zero-order chi connectivity index (χ0) is 15.7. The van der Waals surface area contributed by atoms with Gasteiger partial charge in [-0.2, -0.15) is 0 Å². The second kappa shape index (κ2) is 5.76. The van der Waals surface area contributed by atoms with E-state index in [2.05, 4.69) is 32.0 Å². The third-order valence-electron chi connectivity index (χ3n) is 4.33. The van der Waals surface area contributed by atoms with Gasteiger partial charge in [0, 0.05) is 6.54 Å². The lowest BCUT2D eigenvalue weighted by Crippen LogP contribution is -2.31. The molecule has 0 saturated carbocycles. The smallest absolute Gasteiger partial charge is 0.261 e. The predicted molar refractivity (Wildman–Crippen MR) is 86.0 cm³/mol. The fraction of sp³-hybridized carbons (Fsp3) is 0.263. The van der Waals surface area contributed by atoms with Gasteiger partial charge in [-0.25, -0.2) is 0 Å². The summed E-state index contributed by atoms with van der Waals surface area (Å²) in [7, 11) is 0. The third-order valence-corrected chi connectivity index (χ3v) is 4.33. The number of carbonyl (C=O) groups is 2. The number of amides is 2. The number of hydrogen-bond acceptors (Lipinski definition) is 2. The average molecular weight is 293 g/mol. The van der Waals surface area contributed by atoms with Crippen LogP contribution in [0.1, 0.15) is 43.8 Å². The molecule has 0 spiro atoms. The van der Waals surface area contributed by atoms with Crippen LogP contribution in [0.15, 0.2) is 42.5 Å². The highest BCUT2D eigenvalue weighted by atomic mass is 16.2. The van der Waals surface area contributed by atoms with Crippen molar-refractivity contribution in [1.29, 1.82) is 0 Å². The summed E-state index contributed by atoms with van der Waals surface area (Å²) in [5.74, 6) is -0.329. The Bertz CT molecular complexity index is 694. The number of benzene rings is 2. The molecule has 0 atom stereocenters. The maximum Gasteiger partial charge on any atom is 0.261 e. The summed E-state index contributed by atoms with van der Waals surface area (Å²) in [4.78, 5) is 26.0. The summed E-state index contributed by atoms with van der Waals surface area (Å²) in [6.07, 6.45) is 1.67. The van der Waals surface area contributed by atoms with Crippen molar-refractivity contribution in [2.75, 3.05) is 6.54 Å². The van der Waals surface area contributed by atoms with E-state index in [0.717, 1.165) is 12.8 Å². The lowest BCUT2D eigenvalue weighted by atomic mass is 9.98. The zero-order valence-corrected chi connectivity index (χ0v) is 12.9. The Morgan fingerprint density at radius 1 is 0.818 bits per heavy atom. The molecule has 112 valence electrons. The van der Waals surface area contributed by atoms with Crippen LogP contribution in [0.3, 0.4) is 0 Å². The van der Waals surface area contributed by atoms with E-state index in [1.807, 2.05) is 0 Å². The molecule has 2 aromatic rings. The van der Waals surface area contributed by atoms with Gasteiger partial charge in [0.2, 0.25) is 0 Å². The Morgan fingerprint density at radius 3 is 1.91 bits per heavy atom. The van der Waals surface area contributed by atoms with Gasteiger partial charge in [0.15, 0.2) is 0 Å². The number of aryl methyl sites for hydroxylation is 2. The molecule has 1 aliphatic rings. The van der Waals surface area contributed by atoms with Gasteiger partial charge < -0.3 is 0 Å². The number of rotatable bonds is 4. The van der Waals surface area contributed by atoms with Crippen molar-refractivity contribution in [1.82, 2.24) is 4.90 Å². The first-order valence-electron chi connectivity index (χ1n) is 7.60. The molecule has 0 aliphatic carbocycles. The Kier molecular flexibility index (Phi) is 3.80. The minimum atomic E-state index is -0.165. The fourth-order valence-corrected chi connectivity index (χ4v) is 3.10. The van der Waals surface area contributed by atoms with Crippen LogP contribution in [-0.4, -0.2) is 23.3 Å². The molecule has 1 heterocycles. The number of carbonyl (C=O) groups excluding carboxylic acids is 2. The van der Waals surface area contributed by atoms with Crippen molar-refractivity contribution >= 4 is 11.8 Å². The first kappa shape index (κ1) is 14.5. The summed E-state index contributed by atoms with van der Waals surface area (Å²) in [5.41, 5.74) is 4.91. The van der Waals surface area contributed by atoms with Crippen molar-refractivity contribution in [3.05, 3.63) is 70.3 Å². The molecule has 1 aliphatic heterocycles. The van der Waals surface area contributed by atoms with Crippen LogP contribution in [0.4, 0.5) is 0 Å². The van der Waals surface area contributed by atoms with Gasteiger partial charge in [-0.15, -0.1) is 0 Å². The lowest BCUT2D eigenvalue weighted by molar-refractivity contribution is 0.0652. The van der Waals surface area contributed by atoms with Crippen LogP contribution in [0.2, 0.25) is 0 Å². The van der Waals surface area contributed by atoms with E-state index in [0.29, 0.717) is 17.7 Å². The minimum Gasteiger partial charge on any atom is -0.274 e. The molecule has 0 saturated heterocycles. The highest BCUT2D eigenvalue weighted by Crippen LogP contribution is 2.23. The summed E-state index contributed by atoms with van der Waals surface area (Å²) in [6, 6.07) is 13.3. The van der Waals surface area contributed by atoms with E-state index >= 15 is 0 Å². The molecule has 3 heteroatoms. The second-order valence-electron chi connectivity index (χ2n) is 5.78. The van der Waals surface area contributed by atoms with Crippen molar-refractivity contribution in [3.8, 4) is 0 Å². The second-order valence-corrected chi connectivity index (χ2v) is 5.78. The lowest BCUT2D eigenvalue weighted by Gasteiger charge is -2.15. The number of nitrogens with zero attached hydrogens (tertiary/aromatic N) is 1. The van der Waals surface area contributed by atoms with E-state index in [1.165, 1.54) is 21.6 Å². The van der Waals surface area contributed by atoms with Crippen LogP contribution in [-0.2, 0) is 6.42 Å². The normalized spacial score (nSPS) is 13.6. The molecule has 0 fully saturated rings. The van der Waals surface area contributed by atoms with E-state index in [4.69, 9.17) is 0 Å². The van der Waals surface area contributed by atoms with E-state index < -0.39 is 0 Å². The summed E-state index contributed by atoms with van der Waals surface area (Å²) in [6.45, 7) is 4.68. The first-order chi connectivity index (χ1) is 10.6. The standard InChI is InChI=1S/C19H19NO2/c1-13-7-5-8-14(2)15(13)11-6-12-20-18(21)16-9-3-4-10-17(16)19(20)22/h3-5,7-10H,6,11-12H2,1-2H3. The number of fused-ring (bicyclic) bond motifs is 1. The van der Waals surface area contributed by atoms with Gasteiger partial charge in [-0.1, -0.05) is 30.3 Å². The van der Waals surface area contributed by atoms with Crippen LogP contribution >= 0.6 is 0 Å². The van der Waals surface area contributed by atoms with Crippen molar-refractivity contribution in [2.45, 2.75) is 26.7 Å². The fourth-order valence-electron chi connectivity index (χ4n) is 3.10. The molecular weight excluding hydrogens is 274 g/mol. The topological polar surface area (TPSA) is 37.4 Å². The molecule has 3 rings (SSSR count). The van der Waals surface area contributed by atoms with Gasteiger partial charge in [-0.3, -0.25) is 14.5 Å². The molecule has 0 N–H and O–H groups in total. The molecule has 2 amide bonds. The highest BCUT2D eigenvalue weighted by Gasteiger charge is 2.34. The van der Waals surface area contributed by atoms with Crippen LogP contribution in [0.5, 0.6) is 0 Å². The maximum atomic E-state index is 12.3. The molecular formula is C19H19NO2. The van der Waals surface area contributed by atoms with E-state index in [1.54, 1.807) is 24.3 Å². The Hall–Kier alpha value is -2.42. The molecule has 2 aromatic carbocycles. The highest BCUT2D eigenvalue weighted by molar-refractivity contribution is 6.21. The molecule has 0 bridgehead atoms. The Morgan fingerprint density at radius 2 is 1.36 bits per heavy atom. The monoisotopic (exact) mass is 293 g/mol. The van der Waals surface area contributed by atoms with Crippen molar-refractivity contribution in [2.24, 2.45) is 0 Å². The van der Waals surface area contributed by atoms with Gasteiger partial charge in [0.1, 0.15) is 0 Å². The van der Waals surface area contributed by atoms with Crippen LogP contribution in [0, 0.1) is 13.8 Å². The Balaban J connectivity index is 1.69. The summed E-state index contributed by atoms with van der Waals surface area (Å²) in [5, 5.41) is 0. The minimum absolute atomic E-state index is 0.165. The van der Waals surface area contributed by atoms with Crippen LogP contribution in [0.25, 0.3) is 0 Å². The first-order valence-corrected chi connectivity index (χ1v) is 7.60. The SMILES string of the molecule is Cc1cccc(C)c1CCCN1C(=O)c2ccccc2C1=O. The average Bonchev–Trinajstić information content (AvgIpc) is 2.75. The summed E-state index contributed by atoms with van der Waals surface area (Å²) < 4.78 is 0. The molecule has 3 nitrogen and oxygen atoms in total. The number of imide groups is 1. The van der Waals surface area contributed by atoms with E-state index in [-0.39, 0.29) is 11.8 Å². The largest absolute Gasteiger partial charge is 0.274 e. The van der Waals surface area contributed by atoms with Crippen molar-refractivity contribution < 1.29 is 9.59 Å². The van der Waals surface area contributed by atoms with Gasteiger partial charge in [0.05, 0.1) is 11.1 Å².